The maximum atomic E-state index is 13.5. The Hall–Kier alpha value is -1.85. The minimum absolute atomic E-state index is 0.0469. The van der Waals surface area contributed by atoms with Gasteiger partial charge in [-0.1, -0.05) is 30.3 Å². The van der Waals surface area contributed by atoms with Crippen LogP contribution in [-0.2, 0) is 0 Å². The zero-order valence-corrected chi connectivity index (χ0v) is 13.8. The van der Waals surface area contributed by atoms with Crippen LogP contribution in [0.3, 0.4) is 0 Å². The lowest BCUT2D eigenvalue weighted by molar-refractivity contribution is 0.0949. The van der Waals surface area contributed by atoms with Crippen molar-refractivity contribution in [2.75, 3.05) is 19.4 Å². The number of amides is 1. The van der Waals surface area contributed by atoms with Crippen molar-refractivity contribution in [3.63, 3.8) is 0 Å². The van der Waals surface area contributed by atoms with Gasteiger partial charge in [0.2, 0.25) is 0 Å². The van der Waals surface area contributed by atoms with Gasteiger partial charge in [0.25, 0.3) is 5.91 Å². The van der Waals surface area contributed by atoms with Crippen molar-refractivity contribution in [3.05, 3.63) is 65.5 Å². The van der Waals surface area contributed by atoms with Gasteiger partial charge in [-0.2, -0.15) is 0 Å². The molecule has 0 aliphatic carbocycles. The van der Waals surface area contributed by atoms with Gasteiger partial charge in [-0.3, -0.25) is 4.79 Å². The molecule has 1 unspecified atom stereocenters. The average molecular weight is 333 g/mol. The number of benzene rings is 2. The lowest BCUT2D eigenvalue weighted by Crippen LogP contribution is -2.29. The minimum Gasteiger partial charge on any atom is -0.396 e. The fraction of sp³-hybridized carbons (Fsp3) is 0.278. The Morgan fingerprint density at radius 2 is 2.00 bits per heavy atom. The van der Waals surface area contributed by atoms with Gasteiger partial charge < -0.3 is 10.4 Å². The van der Waals surface area contributed by atoms with E-state index in [1.165, 1.54) is 23.9 Å². The van der Waals surface area contributed by atoms with Crippen LogP contribution in [0.1, 0.15) is 28.3 Å². The third-order valence-electron chi connectivity index (χ3n) is 3.67. The molecule has 3 nitrogen and oxygen atoms in total. The second kappa shape index (κ2) is 8.70. The fourth-order valence-corrected chi connectivity index (χ4v) is 2.89. The van der Waals surface area contributed by atoms with E-state index in [2.05, 4.69) is 5.32 Å². The molecule has 0 heterocycles. The molecule has 1 atom stereocenters. The van der Waals surface area contributed by atoms with E-state index >= 15 is 0 Å². The summed E-state index contributed by atoms with van der Waals surface area (Å²) in [6, 6.07) is 14.1. The summed E-state index contributed by atoms with van der Waals surface area (Å²) in [5, 5.41) is 12.1. The van der Waals surface area contributed by atoms with E-state index in [1.807, 2.05) is 30.3 Å². The smallest absolute Gasteiger partial charge is 0.251 e. The van der Waals surface area contributed by atoms with Gasteiger partial charge in [0, 0.05) is 29.5 Å². The van der Waals surface area contributed by atoms with Crippen molar-refractivity contribution in [2.45, 2.75) is 17.2 Å². The summed E-state index contributed by atoms with van der Waals surface area (Å²) in [5.41, 5.74) is 1.51. The highest BCUT2D eigenvalue weighted by atomic mass is 32.2. The highest BCUT2D eigenvalue weighted by Crippen LogP contribution is 2.21. The number of hydrogen-bond donors (Lipinski definition) is 2. The predicted molar refractivity (Wildman–Crippen MR) is 91.4 cm³/mol. The van der Waals surface area contributed by atoms with Crippen LogP contribution in [0.15, 0.2) is 53.4 Å². The Morgan fingerprint density at radius 3 is 2.65 bits per heavy atom. The monoisotopic (exact) mass is 333 g/mol. The largest absolute Gasteiger partial charge is 0.396 e. The topological polar surface area (TPSA) is 49.3 Å². The lowest BCUT2D eigenvalue weighted by atomic mass is 9.96. The van der Waals surface area contributed by atoms with E-state index in [4.69, 9.17) is 0 Å². The summed E-state index contributed by atoms with van der Waals surface area (Å²) in [7, 11) is 0. The molecule has 0 saturated heterocycles. The molecule has 2 rings (SSSR count). The fourth-order valence-electron chi connectivity index (χ4n) is 2.39. The van der Waals surface area contributed by atoms with E-state index < -0.39 is 0 Å². The van der Waals surface area contributed by atoms with Crippen molar-refractivity contribution >= 4 is 17.7 Å². The molecule has 0 radical (unpaired) electrons. The second-order valence-corrected chi connectivity index (χ2v) is 6.03. The molecule has 0 saturated carbocycles. The molecule has 0 aliphatic heterocycles. The molecule has 5 heteroatoms. The number of carbonyl (C=O) groups is 1. The summed E-state index contributed by atoms with van der Waals surface area (Å²) in [6.07, 6.45) is 2.34. The van der Waals surface area contributed by atoms with E-state index in [1.54, 1.807) is 12.3 Å². The number of aliphatic hydroxyl groups is 1. The number of aliphatic hydroxyl groups excluding tert-OH is 1. The normalized spacial score (nSPS) is 12.0. The van der Waals surface area contributed by atoms with Gasteiger partial charge in [0.15, 0.2) is 0 Å². The molecular weight excluding hydrogens is 313 g/mol. The number of halogens is 1. The summed E-state index contributed by atoms with van der Waals surface area (Å²) >= 11 is 1.27. The first-order chi connectivity index (χ1) is 11.2. The number of carbonyl (C=O) groups excluding carboxylic acids is 1. The average Bonchev–Trinajstić information content (AvgIpc) is 2.59. The Kier molecular flexibility index (Phi) is 6.62. The molecule has 0 bridgehead atoms. The number of thioether (sulfide) groups is 1. The molecule has 122 valence electrons. The first kappa shape index (κ1) is 17.5. The van der Waals surface area contributed by atoms with Crippen molar-refractivity contribution in [1.82, 2.24) is 5.32 Å². The van der Waals surface area contributed by atoms with Gasteiger partial charge >= 0.3 is 0 Å². The quantitative estimate of drug-likeness (QED) is 0.763. The van der Waals surface area contributed by atoms with Gasteiger partial charge in [0.05, 0.1) is 0 Å². The van der Waals surface area contributed by atoms with Gasteiger partial charge in [-0.25, -0.2) is 4.39 Å². The summed E-state index contributed by atoms with van der Waals surface area (Å²) < 4.78 is 13.5. The van der Waals surface area contributed by atoms with Crippen LogP contribution >= 0.6 is 11.8 Å². The molecule has 0 spiro atoms. The van der Waals surface area contributed by atoms with E-state index in [0.29, 0.717) is 23.4 Å². The maximum absolute atomic E-state index is 13.5. The first-order valence-electron chi connectivity index (χ1n) is 7.43. The van der Waals surface area contributed by atoms with Crippen LogP contribution in [0.25, 0.3) is 0 Å². The van der Waals surface area contributed by atoms with Crippen molar-refractivity contribution < 1.29 is 14.3 Å². The number of rotatable bonds is 7. The van der Waals surface area contributed by atoms with E-state index in [-0.39, 0.29) is 24.2 Å². The van der Waals surface area contributed by atoms with Gasteiger partial charge in [0.1, 0.15) is 5.82 Å². The van der Waals surface area contributed by atoms with Crippen LogP contribution < -0.4 is 5.32 Å². The van der Waals surface area contributed by atoms with Crippen LogP contribution in [0.2, 0.25) is 0 Å². The molecule has 2 aromatic rings. The number of nitrogens with one attached hydrogen (secondary N) is 1. The Morgan fingerprint density at radius 1 is 1.26 bits per heavy atom. The highest BCUT2D eigenvalue weighted by molar-refractivity contribution is 7.98. The van der Waals surface area contributed by atoms with Crippen molar-refractivity contribution in [1.29, 1.82) is 0 Å². The summed E-state index contributed by atoms with van der Waals surface area (Å²) in [6.45, 7) is 0.484. The first-order valence-corrected chi connectivity index (χ1v) is 8.65. The Labute approximate surface area is 139 Å². The molecule has 2 aromatic carbocycles. The van der Waals surface area contributed by atoms with Crippen molar-refractivity contribution in [2.24, 2.45) is 0 Å². The van der Waals surface area contributed by atoms with Crippen molar-refractivity contribution in [3.8, 4) is 0 Å². The molecular formula is C18H20FNO2S. The summed E-state index contributed by atoms with van der Waals surface area (Å²) in [4.78, 5) is 12.7. The summed E-state index contributed by atoms with van der Waals surface area (Å²) in [5.74, 6) is -0.513. The van der Waals surface area contributed by atoms with E-state index in [0.717, 1.165) is 5.56 Å². The Bertz CT molecular complexity index is 649. The number of hydrogen-bond acceptors (Lipinski definition) is 3. The molecule has 0 fully saturated rings. The van der Waals surface area contributed by atoms with Crippen LogP contribution in [0.5, 0.6) is 0 Å². The predicted octanol–water partition coefficient (Wildman–Crippen LogP) is 3.44. The second-order valence-electron chi connectivity index (χ2n) is 5.18. The minimum atomic E-state index is -0.323. The molecule has 1 amide bonds. The molecule has 23 heavy (non-hydrogen) atoms. The van der Waals surface area contributed by atoms with E-state index in [9.17, 15) is 14.3 Å². The third kappa shape index (κ3) is 4.81. The Balaban J connectivity index is 2.04. The molecule has 0 aliphatic rings. The van der Waals surface area contributed by atoms with Gasteiger partial charge in [-0.15, -0.1) is 11.8 Å². The standard InChI is InChI=1S/C18H20FNO2S/c1-23-17-11-14(7-8-16(17)19)18(22)20-12-15(9-10-21)13-5-3-2-4-6-13/h2-8,11,15,21H,9-10,12H2,1H3,(H,20,22). The highest BCUT2D eigenvalue weighted by Gasteiger charge is 2.14. The molecule has 0 aromatic heterocycles. The molecule has 2 N–H and O–H groups in total. The lowest BCUT2D eigenvalue weighted by Gasteiger charge is -2.17. The van der Waals surface area contributed by atoms with Crippen LogP contribution in [0, 0.1) is 5.82 Å². The maximum Gasteiger partial charge on any atom is 0.251 e. The van der Waals surface area contributed by atoms with Gasteiger partial charge in [-0.05, 0) is 36.4 Å². The zero-order valence-electron chi connectivity index (χ0n) is 13.0. The van der Waals surface area contributed by atoms with Crippen LogP contribution in [-0.4, -0.2) is 30.4 Å². The SMILES string of the molecule is CSc1cc(C(=O)NCC(CCO)c2ccccc2)ccc1F. The third-order valence-corrected chi connectivity index (χ3v) is 4.42. The zero-order chi connectivity index (χ0) is 16.7. The van der Waals surface area contributed by atoms with Crippen LogP contribution in [0.4, 0.5) is 4.39 Å².